The number of nitrogens with one attached hydrogen (secondary N) is 1. The summed E-state index contributed by atoms with van der Waals surface area (Å²) in [5.41, 5.74) is 4.14. The highest BCUT2D eigenvalue weighted by Gasteiger charge is 2.40. The van der Waals surface area contributed by atoms with Gasteiger partial charge in [-0.1, -0.05) is 27.7 Å². The molecule has 2 fully saturated rings. The van der Waals surface area contributed by atoms with E-state index < -0.39 is 0 Å². The van der Waals surface area contributed by atoms with E-state index in [2.05, 4.69) is 44.5 Å². The Kier molecular flexibility index (Phi) is 6.22. The van der Waals surface area contributed by atoms with Crippen LogP contribution in [0.5, 0.6) is 0 Å². The van der Waals surface area contributed by atoms with Gasteiger partial charge in [0, 0.05) is 56.1 Å². The van der Waals surface area contributed by atoms with Crippen molar-refractivity contribution >= 4 is 24.1 Å². The summed E-state index contributed by atoms with van der Waals surface area (Å²) in [6, 6.07) is 0. The molecule has 2 atom stereocenters. The van der Waals surface area contributed by atoms with Crippen molar-refractivity contribution in [3.05, 3.63) is 22.5 Å². The molecule has 162 valence electrons. The van der Waals surface area contributed by atoms with Crippen LogP contribution < -0.4 is 5.32 Å². The van der Waals surface area contributed by atoms with Gasteiger partial charge in [0.1, 0.15) is 0 Å². The van der Waals surface area contributed by atoms with Crippen LogP contribution in [0.25, 0.3) is 0 Å². The molecule has 1 aromatic heterocycles. The summed E-state index contributed by atoms with van der Waals surface area (Å²) in [4.78, 5) is 28.3. The number of amides is 1. The van der Waals surface area contributed by atoms with E-state index in [9.17, 15) is 9.59 Å². The van der Waals surface area contributed by atoms with E-state index in [1.165, 1.54) is 0 Å². The number of carbonyl (C=O) groups is 2. The van der Waals surface area contributed by atoms with Crippen molar-refractivity contribution in [1.29, 1.82) is 0 Å². The fraction of sp³-hybridized carbons (Fsp3) is 0.739. The van der Waals surface area contributed by atoms with E-state index in [1.807, 2.05) is 4.90 Å². The molecule has 0 aromatic carbocycles. The highest BCUT2D eigenvalue weighted by Crippen LogP contribution is 2.39. The predicted octanol–water partition coefficient (Wildman–Crippen LogP) is 3.25. The molecule has 0 saturated carbocycles. The molecule has 2 saturated heterocycles. The van der Waals surface area contributed by atoms with Gasteiger partial charge in [0.05, 0.1) is 6.42 Å². The lowest BCUT2D eigenvalue weighted by atomic mass is 9.75. The highest BCUT2D eigenvalue weighted by atomic mass is 35.5. The molecule has 5 nitrogen and oxygen atoms in total. The largest absolute Gasteiger partial charge is 0.348 e. The first-order valence-corrected chi connectivity index (χ1v) is 10.9. The minimum absolute atomic E-state index is 0. The molecule has 29 heavy (non-hydrogen) atoms. The first-order valence-electron chi connectivity index (χ1n) is 10.9. The predicted molar refractivity (Wildman–Crippen MR) is 118 cm³/mol. The number of hydrogen-bond donors (Lipinski definition) is 1. The van der Waals surface area contributed by atoms with Gasteiger partial charge in [0.25, 0.3) is 0 Å². The van der Waals surface area contributed by atoms with Crippen LogP contribution in [0.1, 0.15) is 61.4 Å². The topological polar surface area (TPSA) is 54.3 Å². The van der Waals surface area contributed by atoms with Crippen molar-refractivity contribution in [1.82, 2.24) is 14.8 Å². The lowest BCUT2D eigenvalue weighted by Gasteiger charge is -2.30. The normalized spacial score (nSPS) is 25.2. The van der Waals surface area contributed by atoms with E-state index in [-0.39, 0.29) is 29.5 Å². The molecule has 3 heterocycles. The zero-order valence-electron chi connectivity index (χ0n) is 18.5. The van der Waals surface area contributed by atoms with Gasteiger partial charge in [-0.2, -0.15) is 0 Å². The lowest BCUT2D eigenvalue weighted by Crippen LogP contribution is -2.33. The number of carbonyl (C=O) groups excluding carboxylic acids is 2. The maximum atomic E-state index is 13.1. The maximum absolute atomic E-state index is 13.1. The fourth-order valence-corrected chi connectivity index (χ4v) is 5.56. The second-order valence-corrected chi connectivity index (χ2v) is 10.5. The quantitative estimate of drug-likeness (QED) is 0.811. The van der Waals surface area contributed by atoms with Crippen molar-refractivity contribution in [2.75, 3.05) is 26.2 Å². The van der Waals surface area contributed by atoms with E-state index in [4.69, 9.17) is 0 Å². The van der Waals surface area contributed by atoms with Gasteiger partial charge < -0.3 is 14.8 Å². The number of ketones is 1. The highest BCUT2D eigenvalue weighted by molar-refractivity contribution is 6.01. The summed E-state index contributed by atoms with van der Waals surface area (Å²) in [5.74, 6) is 2.13. The standard InChI is InChI=1S/C23H35N3O2.ClH/c1-14(2)11-26-15(3)18(22-19(26)7-23(4,5)8-20(22)27)6-21(28)25-12-16-9-24-10-17(16)13-25;/h14,16-17,24H,6-13H2,1-5H3;1H/t16-,17+;. The number of rotatable bonds is 4. The molecule has 3 aliphatic rings. The van der Waals surface area contributed by atoms with Gasteiger partial charge in [-0.25, -0.2) is 0 Å². The van der Waals surface area contributed by atoms with Crippen molar-refractivity contribution < 1.29 is 9.59 Å². The van der Waals surface area contributed by atoms with E-state index >= 15 is 0 Å². The van der Waals surface area contributed by atoms with Gasteiger partial charge in [0.2, 0.25) is 5.91 Å². The van der Waals surface area contributed by atoms with Crippen LogP contribution in [0.3, 0.4) is 0 Å². The second kappa shape index (κ2) is 8.07. The number of aromatic nitrogens is 1. The monoisotopic (exact) mass is 421 g/mol. The summed E-state index contributed by atoms with van der Waals surface area (Å²) in [6.45, 7) is 15.6. The van der Waals surface area contributed by atoms with E-state index in [0.29, 0.717) is 30.6 Å². The molecule has 0 unspecified atom stereocenters. The zero-order chi connectivity index (χ0) is 20.2. The third kappa shape index (κ3) is 4.13. The third-order valence-electron chi connectivity index (χ3n) is 6.94. The molecule has 1 N–H and O–H groups in total. The van der Waals surface area contributed by atoms with Gasteiger partial charge >= 0.3 is 0 Å². The number of nitrogens with zero attached hydrogens (tertiary/aromatic N) is 2. The molecule has 1 aromatic rings. The maximum Gasteiger partial charge on any atom is 0.227 e. The van der Waals surface area contributed by atoms with Gasteiger partial charge in [-0.15, -0.1) is 12.4 Å². The summed E-state index contributed by atoms with van der Waals surface area (Å²) in [7, 11) is 0. The molecule has 1 aliphatic carbocycles. The van der Waals surface area contributed by atoms with Crippen LogP contribution in [0.4, 0.5) is 0 Å². The molecule has 0 spiro atoms. The Morgan fingerprint density at radius 2 is 1.79 bits per heavy atom. The molecule has 6 heteroatoms. The Labute approximate surface area is 181 Å². The van der Waals surface area contributed by atoms with E-state index in [0.717, 1.165) is 61.7 Å². The minimum Gasteiger partial charge on any atom is -0.348 e. The average molecular weight is 422 g/mol. The SMILES string of the molecule is Cc1c(CC(=O)N2C[C@H]3CNC[C@H]3C2)c2c(n1CC(C)C)CC(C)(C)CC2=O.Cl. The summed E-state index contributed by atoms with van der Waals surface area (Å²) in [5, 5.41) is 3.43. The molecular formula is C23H36ClN3O2. The number of likely N-dealkylation sites (tertiary alicyclic amines) is 1. The van der Waals surface area contributed by atoms with Gasteiger partial charge in [-0.05, 0) is 42.1 Å². The molecule has 4 rings (SSSR count). The Balaban J connectivity index is 0.00000240. The average Bonchev–Trinajstić information content (AvgIpc) is 3.22. The van der Waals surface area contributed by atoms with Crippen molar-refractivity contribution in [3.63, 3.8) is 0 Å². The van der Waals surface area contributed by atoms with Crippen LogP contribution in [0.2, 0.25) is 0 Å². The van der Waals surface area contributed by atoms with Crippen LogP contribution in [0, 0.1) is 30.1 Å². The summed E-state index contributed by atoms with van der Waals surface area (Å²) in [6.07, 6.45) is 1.86. The van der Waals surface area contributed by atoms with E-state index in [1.54, 1.807) is 0 Å². The molecular weight excluding hydrogens is 386 g/mol. The summed E-state index contributed by atoms with van der Waals surface area (Å²) < 4.78 is 2.34. The number of Topliss-reactive ketones (excluding diaryl/α,β-unsaturated/α-hetero) is 1. The number of halogens is 1. The van der Waals surface area contributed by atoms with Gasteiger partial charge in [0.15, 0.2) is 5.78 Å². The van der Waals surface area contributed by atoms with Crippen LogP contribution in [-0.2, 0) is 24.2 Å². The van der Waals surface area contributed by atoms with Gasteiger partial charge in [-0.3, -0.25) is 9.59 Å². The minimum atomic E-state index is -0.00964. The first-order chi connectivity index (χ1) is 13.2. The van der Waals surface area contributed by atoms with Crippen molar-refractivity contribution in [2.24, 2.45) is 23.2 Å². The Morgan fingerprint density at radius 1 is 1.17 bits per heavy atom. The summed E-state index contributed by atoms with van der Waals surface area (Å²) >= 11 is 0. The molecule has 2 aliphatic heterocycles. The zero-order valence-corrected chi connectivity index (χ0v) is 19.3. The fourth-order valence-electron chi connectivity index (χ4n) is 5.56. The second-order valence-electron chi connectivity index (χ2n) is 10.5. The van der Waals surface area contributed by atoms with Crippen LogP contribution >= 0.6 is 12.4 Å². The first kappa shape index (κ1) is 22.4. The Bertz CT molecular complexity index is 800. The number of hydrogen-bond acceptors (Lipinski definition) is 3. The number of fused-ring (bicyclic) bond motifs is 2. The smallest absolute Gasteiger partial charge is 0.227 e. The molecule has 0 radical (unpaired) electrons. The van der Waals surface area contributed by atoms with Crippen molar-refractivity contribution in [3.8, 4) is 0 Å². The molecule has 0 bridgehead atoms. The Morgan fingerprint density at radius 3 is 2.38 bits per heavy atom. The third-order valence-corrected chi connectivity index (χ3v) is 6.94. The molecule has 1 amide bonds. The Hall–Kier alpha value is -1.33. The van der Waals surface area contributed by atoms with Crippen LogP contribution in [0.15, 0.2) is 0 Å². The van der Waals surface area contributed by atoms with Crippen LogP contribution in [-0.4, -0.2) is 47.3 Å². The lowest BCUT2D eigenvalue weighted by molar-refractivity contribution is -0.129. The van der Waals surface area contributed by atoms with Crippen molar-refractivity contribution in [2.45, 2.75) is 60.4 Å².